The Hall–Kier alpha value is -1.68. The molecule has 1 aliphatic rings. The Morgan fingerprint density at radius 1 is 1.41 bits per heavy atom. The number of carbonyl (C=O) groups excluding carboxylic acids is 1. The van der Waals surface area contributed by atoms with E-state index >= 15 is 0 Å². The minimum atomic E-state index is -3.76. The number of hydrogen-bond donors (Lipinski definition) is 0. The summed E-state index contributed by atoms with van der Waals surface area (Å²) in [6.07, 6.45) is 0.562. The number of aromatic nitrogens is 1. The highest BCUT2D eigenvalue weighted by Gasteiger charge is 2.26. The van der Waals surface area contributed by atoms with Crippen molar-refractivity contribution < 1.29 is 17.9 Å². The van der Waals surface area contributed by atoms with Gasteiger partial charge in [0.25, 0.3) is 10.0 Å². The van der Waals surface area contributed by atoms with Crippen LogP contribution in [0.5, 0.6) is 0 Å². The summed E-state index contributed by atoms with van der Waals surface area (Å²) in [5.41, 5.74) is 1.26. The van der Waals surface area contributed by atoms with Crippen molar-refractivity contribution in [2.75, 3.05) is 37.7 Å². The lowest BCUT2D eigenvalue weighted by molar-refractivity contribution is -0.142. The van der Waals surface area contributed by atoms with E-state index in [2.05, 4.69) is 4.98 Å². The van der Waals surface area contributed by atoms with Gasteiger partial charge in [-0.05, 0) is 24.6 Å². The zero-order chi connectivity index (χ0) is 19.6. The molecule has 3 rings (SSSR count). The topological polar surface area (TPSA) is 79.8 Å². The summed E-state index contributed by atoms with van der Waals surface area (Å²) in [6.45, 7) is 3.43. The third-order valence-electron chi connectivity index (χ3n) is 4.39. The summed E-state index contributed by atoms with van der Waals surface area (Å²) in [7, 11) is -2.28. The predicted octanol–water partition coefficient (Wildman–Crippen LogP) is 2.33. The van der Waals surface area contributed by atoms with Crippen LogP contribution in [0.15, 0.2) is 28.5 Å². The van der Waals surface area contributed by atoms with Crippen LogP contribution in [0.3, 0.4) is 0 Å². The Labute approximate surface area is 167 Å². The van der Waals surface area contributed by atoms with Crippen molar-refractivity contribution >= 4 is 44.0 Å². The smallest absolute Gasteiger partial charge is 0.266 e. The van der Waals surface area contributed by atoms with Gasteiger partial charge in [-0.3, -0.25) is 4.79 Å². The molecule has 7 nitrogen and oxygen atoms in total. The molecule has 146 valence electrons. The average molecular weight is 430 g/mol. The number of carbonyl (C=O) groups is 1. The van der Waals surface area contributed by atoms with Gasteiger partial charge in [0.15, 0.2) is 5.13 Å². The third kappa shape index (κ3) is 4.26. The molecule has 1 amide bonds. The zero-order valence-electron chi connectivity index (χ0n) is 15.0. The minimum absolute atomic E-state index is 0.0344. The summed E-state index contributed by atoms with van der Waals surface area (Å²) in [5, 5.41) is 2.59. The van der Waals surface area contributed by atoms with E-state index in [1.807, 2.05) is 5.38 Å². The molecule has 0 N–H and O–H groups in total. The van der Waals surface area contributed by atoms with Gasteiger partial charge in [0.1, 0.15) is 6.61 Å². The highest BCUT2D eigenvalue weighted by atomic mass is 35.5. The van der Waals surface area contributed by atoms with Gasteiger partial charge in [-0.25, -0.2) is 17.7 Å². The number of nitrogens with zero attached hydrogens (tertiary/aromatic N) is 3. The van der Waals surface area contributed by atoms with Crippen LogP contribution in [0.1, 0.15) is 11.3 Å². The summed E-state index contributed by atoms with van der Waals surface area (Å²) >= 11 is 7.32. The van der Waals surface area contributed by atoms with Crippen molar-refractivity contribution in [2.45, 2.75) is 18.2 Å². The van der Waals surface area contributed by atoms with Crippen LogP contribution in [-0.4, -0.2) is 57.6 Å². The standard InChI is InChI=1S/C17H20ClN3O4S2/c1-12-14(18)4-3-5-15(12)27(23,24)20(2)17-19-13(11-26-17)6-7-21-8-9-25-10-16(21)22/h3-5,11H,6-10H2,1-2H3. The summed E-state index contributed by atoms with van der Waals surface area (Å²) < 4.78 is 32.1. The number of ether oxygens (including phenoxy) is 1. The quantitative estimate of drug-likeness (QED) is 0.704. The van der Waals surface area contributed by atoms with Crippen LogP contribution in [0.4, 0.5) is 5.13 Å². The first-order valence-electron chi connectivity index (χ1n) is 8.34. The molecule has 10 heteroatoms. The first-order valence-corrected chi connectivity index (χ1v) is 11.0. The number of thiazole rings is 1. The average Bonchev–Trinajstić information content (AvgIpc) is 3.11. The van der Waals surface area contributed by atoms with E-state index in [1.54, 1.807) is 24.0 Å². The summed E-state index contributed by atoms with van der Waals surface area (Å²) in [5.74, 6) is -0.0344. The van der Waals surface area contributed by atoms with Crippen molar-refractivity contribution in [1.82, 2.24) is 9.88 Å². The van der Waals surface area contributed by atoms with Crippen molar-refractivity contribution in [3.05, 3.63) is 39.9 Å². The fraction of sp³-hybridized carbons (Fsp3) is 0.412. The molecule has 1 fully saturated rings. The van der Waals surface area contributed by atoms with Gasteiger partial charge in [0, 0.05) is 37.0 Å². The number of benzene rings is 1. The van der Waals surface area contributed by atoms with E-state index in [0.29, 0.717) is 41.8 Å². The molecule has 0 aliphatic carbocycles. The van der Waals surface area contributed by atoms with E-state index in [-0.39, 0.29) is 17.4 Å². The van der Waals surface area contributed by atoms with E-state index < -0.39 is 10.0 Å². The maximum atomic E-state index is 12.9. The van der Waals surface area contributed by atoms with E-state index in [9.17, 15) is 13.2 Å². The Morgan fingerprint density at radius 3 is 2.93 bits per heavy atom. The van der Waals surface area contributed by atoms with Gasteiger partial charge in [0.05, 0.1) is 17.2 Å². The lowest BCUT2D eigenvalue weighted by Crippen LogP contribution is -2.42. The molecule has 0 bridgehead atoms. The van der Waals surface area contributed by atoms with Gasteiger partial charge < -0.3 is 9.64 Å². The second-order valence-electron chi connectivity index (χ2n) is 6.14. The number of hydrogen-bond acceptors (Lipinski definition) is 6. The largest absolute Gasteiger partial charge is 0.370 e. The molecule has 1 aliphatic heterocycles. The van der Waals surface area contributed by atoms with Gasteiger partial charge in [-0.2, -0.15) is 0 Å². The molecular weight excluding hydrogens is 410 g/mol. The highest BCUT2D eigenvalue weighted by Crippen LogP contribution is 2.29. The number of rotatable bonds is 6. The molecule has 0 radical (unpaired) electrons. The number of halogens is 1. The van der Waals surface area contributed by atoms with E-state index in [4.69, 9.17) is 16.3 Å². The van der Waals surface area contributed by atoms with Crippen molar-refractivity contribution in [3.63, 3.8) is 0 Å². The molecule has 2 aromatic rings. The van der Waals surface area contributed by atoms with Gasteiger partial charge in [-0.15, -0.1) is 11.3 Å². The molecular formula is C17H20ClN3O4S2. The summed E-state index contributed by atoms with van der Waals surface area (Å²) in [6, 6.07) is 4.80. The lowest BCUT2D eigenvalue weighted by atomic mass is 10.2. The molecule has 0 atom stereocenters. The van der Waals surface area contributed by atoms with E-state index in [1.165, 1.54) is 28.8 Å². The molecule has 27 heavy (non-hydrogen) atoms. The minimum Gasteiger partial charge on any atom is -0.370 e. The van der Waals surface area contributed by atoms with Crippen LogP contribution >= 0.6 is 22.9 Å². The fourth-order valence-electron chi connectivity index (χ4n) is 2.71. The molecule has 0 unspecified atom stereocenters. The second kappa shape index (κ2) is 8.14. The van der Waals surface area contributed by atoms with Crippen molar-refractivity contribution in [3.8, 4) is 0 Å². The maximum absolute atomic E-state index is 12.9. The van der Waals surface area contributed by atoms with E-state index in [0.717, 1.165) is 5.69 Å². The Kier molecular flexibility index (Phi) is 6.05. The van der Waals surface area contributed by atoms with Crippen LogP contribution in [-0.2, 0) is 26.0 Å². The van der Waals surface area contributed by atoms with Gasteiger partial charge in [0.2, 0.25) is 5.91 Å². The zero-order valence-corrected chi connectivity index (χ0v) is 17.4. The SMILES string of the molecule is Cc1c(Cl)cccc1S(=O)(=O)N(C)c1nc(CCN2CCOCC2=O)cs1. The monoisotopic (exact) mass is 429 g/mol. The Morgan fingerprint density at radius 2 is 2.19 bits per heavy atom. The highest BCUT2D eigenvalue weighted by molar-refractivity contribution is 7.93. The normalized spacial score (nSPS) is 15.2. The first kappa shape index (κ1) is 20.1. The third-order valence-corrected chi connectivity index (χ3v) is 7.77. The first-order chi connectivity index (χ1) is 12.8. The maximum Gasteiger partial charge on any atom is 0.266 e. The lowest BCUT2D eigenvalue weighted by Gasteiger charge is -2.26. The Bertz CT molecular complexity index is 945. The molecule has 1 aromatic carbocycles. The Balaban J connectivity index is 1.73. The molecule has 1 saturated heterocycles. The van der Waals surface area contributed by atoms with Crippen LogP contribution in [0.25, 0.3) is 0 Å². The van der Waals surface area contributed by atoms with Crippen LogP contribution in [0, 0.1) is 6.92 Å². The van der Waals surface area contributed by atoms with Crippen LogP contribution < -0.4 is 4.31 Å². The molecule has 2 heterocycles. The predicted molar refractivity (Wildman–Crippen MR) is 105 cm³/mol. The number of anilines is 1. The summed E-state index contributed by atoms with van der Waals surface area (Å²) in [4.78, 5) is 18.1. The fourth-order valence-corrected chi connectivity index (χ4v) is 5.38. The van der Waals surface area contributed by atoms with Gasteiger partial charge >= 0.3 is 0 Å². The number of amides is 1. The molecule has 0 spiro atoms. The number of sulfonamides is 1. The van der Waals surface area contributed by atoms with Crippen molar-refractivity contribution in [2.24, 2.45) is 0 Å². The van der Waals surface area contributed by atoms with Gasteiger partial charge in [-0.1, -0.05) is 17.7 Å². The number of morpholine rings is 1. The van der Waals surface area contributed by atoms with Crippen molar-refractivity contribution in [1.29, 1.82) is 0 Å². The molecule has 0 saturated carbocycles. The van der Waals surface area contributed by atoms with Crippen LogP contribution in [0.2, 0.25) is 5.02 Å². The molecule has 1 aromatic heterocycles. The second-order valence-corrected chi connectivity index (χ2v) is 9.32.